The molecular formula is C34H44N2O3. The zero-order chi connectivity index (χ0) is 27.7. The Kier molecular flexibility index (Phi) is 13.1. The fourth-order valence-electron chi connectivity index (χ4n) is 4.24. The first-order chi connectivity index (χ1) is 19.0. The van der Waals surface area contributed by atoms with Gasteiger partial charge < -0.3 is 14.4 Å². The Morgan fingerprint density at radius 3 is 1.87 bits per heavy atom. The van der Waals surface area contributed by atoms with Crippen LogP contribution in [0.4, 0.5) is 11.4 Å². The Hall–Kier alpha value is -3.60. The third kappa shape index (κ3) is 11.4. The third-order valence-electron chi connectivity index (χ3n) is 6.68. The first-order valence-corrected chi connectivity index (χ1v) is 14.4. The van der Waals surface area contributed by atoms with Crippen molar-refractivity contribution in [1.29, 1.82) is 0 Å². The number of anilines is 1. The molecule has 0 bridgehead atoms. The lowest BCUT2D eigenvalue weighted by atomic mass is 10.1. The summed E-state index contributed by atoms with van der Waals surface area (Å²) in [6, 6.07) is 22.5. The minimum Gasteiger partial charge on any atom is -0.494 e. The fourth-order valence-corrected chi connectivity index (χ4v) is 4.24. The van der Waals surface area contributed by atoms with Crippen LogP contribution < -0.4 is 14.4 Å². The lowest BCUT2D eigenvalue weighted by molar-refractivity contribution is 0.0735. The number of ether oxygens (including phenoxy) is 2. The van der Waals surface area contributed by atoms with Gasteiger partial charge in [0.2, 0.25) is 0 Å². The molecule has 0 aromatic heterocycles. The number of hydrogen-bond donors (Lipinski definition) is 0. The molecule has 3 aromatic carbocycles. The number of esters is 1. The van der Waals surface area contributed by atoms with Crippen LogP contribution in [0.1, 0.15) is 87.1 Å². The van der Waals surface area contributed by atoms with Gasteiger partial charge in [-0.2, -0.15) is 0 Å². The van der Waals surface area contributed by atoms with E-state index in [0.717, 1.165) is 35.7 Å². The van der Waals surface area contributed by atoms with E-state index in [1.54, 1.807) is 30.5 Å². The second kappa shape index (κ2) is 17.1. The largest absolute Gasteiger partial charge is 0.494 e. The smallest absolute Gasteiger partial charge is 0.343 e. The number of carbonyl (C=O) groups is 1. The van der Waals surface area contributed by atoms with Gasteiger partial charge >= 0.3 is 5.97 Å². The van der Waals surface area contributed by atoms with Gasteiger partial charge in [-0.05, 0) is 84.8 Å². The number of rotatable bonds is 17. The number of unbranched alkanes of at least 4 members (excludes halogenated alkanes) is 9. The lowest BCUT2D eigenvalue weighted by Crippen LogP contribution is -2.11. The van der Waals surface area contributed by atoms with Crippen LogP contribution >= 0.6 is 0 Å². The fraction of sp³-hybridized carbons (Fsp3) is 0.412. The van der Waals surface area contributed by atoms with E-state index < -0.39 is 0 Å². The molecule has 0 N–H and O–H groups in total. The average molecular weight is 529 g/mol. The number of nitrogens with zero attached hydrogens (tertiary/aromatic N) is 2. The van der Waals surface area contributed by atoms with Crippen molar-refractivity contribution in [1.82, 2.24) is 0 Å². The van der Waals surface area contributed by atoms with Gasteiger partial charge in [0.1, 0.15) is 11.5 Å². The molecule has 5 nitrogen and oxygen atoms in total. The first-order valence-electron chi connectivity index (χ1n) is 14.4. The zero-order valence-electron chi connectivity index (χ0n) is 23.9. The van der Waals surface area contributed by atoms with Crippen molar-refractivity contribution >= 4 is 23.6 Å². The molecule has 0 aliphatic heterocycles. The molecule has 0 radical (unpaired) electrons. The maximum Gasteiger partial charge on any atom is 0.343 e. The summed E-state index contributed by atoms with van der Waals surface area (Å²) in [6.45, 7) is 3.03. The summed E-state index contributed by atoms with van der Waals surface area (Å²) in [4.78, 5) is 19.0. The zero-order valence-corrected chi connectivity index (χ0v) is 23.9. The van der Waals surface area contributed by atoms with Crippen molar-refractivity contribution < 1.29 is 14.3 Å². The molecule has 0 atom stereocenters. The topological polar surface area (TPSA) is 51.1 Å². The van der Waals surface area contributed by atoms with Crippen LogP contribution in [0, 0.1) is 0 Å². The van der Waals surface area contributed by atoms with Crippen LogP contribution in [0.3, 0.4) is 0 Å². The summed E-state index contributed by atoms with van der Waals surface area (Å²) in [5, 5.41) is 0. The van der Waals surface area contributed by atoms with E-state index in [4.69, 9.17) is 9.47 Å². The highest BCUT2D eigenvalue weighted by Gasteiger charge is 2.09. The van der Waals surface area contributed by atoms with Crippen LogP contribution in [0.25, 0.3) is 0 Å². The normalized spacial score (nSPS) is 11.1. The SMILES string of the molecule is CCCCCCCCCCCCOc1ccc(N=Cc2ccc(OC(=O)c3ccc(N(C)C)cc3)cc2)cc1. The average Bonchev–Trinajstić information content (AvgIpc) is 2.96. The molecule has 0 fully saturated rings. The van der Waals surface area contributed by atoms with Gasteiger partial charge in [-0.25, -0.2) is 4.79 Å². The standard InChI is InChI=1S/C34H44N2O3/c1-4-5-6-7-8-9-10-11-12-13-26-38-32-24-18-30(19-25-32)35-27-28-14-22-33(23-15-28)39-34(37)29-16-20-31(21-17-29)36(2)3/h14-25,27H,4-13,26H2,1-3H3. The van der Waals surface area contributed by atoms with Gasteiger partial charge in [0.25, 0.3) is 0 Å². The second-order valence-corrected chi connectivity index (χ2v) is 10.2. The van der Waals surface area contributed by atoms with Crippen molar-refractivity contribution in [3.63, 3.8) is 0 Å². The summed E-state index contributed by atoms with van der Waals surface area (Å²) in [6.07, 6.45) is 15.0. The van der Waals surface area contributed by atoms with E-state index in [9.17, 15) is 4.79 Å². The number of benzene rings is 3. The molecule has 0 heterocycles. The van der Waals surface area contributed by atoms with E-state index in [1.807, 2.05) is 67.5 Å². The van der Waals surface area contributed by atoms with Crippen LogP contribution in [-0.2, 0) is 0 Å². The molecule has 0 saturated heterocycles. The molecule has 0 unspecified atom stereocenters. The number of aliphatic imine (C=N–C) groups is 1. The Labute approximate surface area is 234 Å². The molecule has 0 saturated carbocycles. The van der Waals surface area contributed by atoms with Gasteiger partial charge in [-0.15, -0.1) is 0 Å². The van der Waals surface area contributed by atoms with Gasteiger partial charge in [-0.1, -0.05) is 64.7 Å². The van der Waals surface area contributed by atoms with E-state index in [1.165, 1.54) is 57.8 Å². The molecule has 0 amide bonds. The molecule has 3 aromatic rings. The maximum absolute atomic E-state index is 12.4. The summed E-state index contributed by atoms with van der Waals surface area (Å²) in [5.41, 5.74) is 3.33. The van der Waals surface area contributed by atoms with Gasteiger partial charge in [-0.3, -0.25) is 4.99 Å². The van der Waals surface area contributed by atoms with E-state index >= 15 is 0 Å². The van der Waals surface area contributed by atoms with Crippen LogP contribution in [0.2, 0.25) is 0 Å². The van der Waals surface area contributed by atoms with Crippen molar-refractivity contribution in [2.75, 3.05) is 25.6 Å². The predicted molar refractivity (Wildman–Crippen MR) is 163 cm³/mol. The number of carbonyl (C=O) groups excluding carboxylic acids is 1. The van der Waals surface area contributed by atoms with Gasteiger partial charge in [0, 0.05) is 26.0 Å². The van der Waals surface area contributed by atoms with Crippen LogP contribution in [0.5, 0.6) is 11.5 Å². The lowest BCUT2D eigenvalue weighted by Gasteiger charge is -2.12. The highest BCUT2D eigenvalue weighted by molar-refractivity contribution is 5.91. The second-order valence-electron chi connectivity index (χ2n) is 10.2. The molecule has 0 spiro atoms. The Bertz CT molecular complexity index is 1120. The molecule has 39 heavy (non-hydrogen) atoms. The monoisotopic (exact) mass is 528 g/mol. The molecule has 208 valence electrons. The maximum atomic E-state index is 12.4. The minimum atomic E-state index is -0.378. The quantitative estimate of drug-likeness (QED) is 0.0759. The Morgan fingerprint density at radius 2 is 1.28 bits per heavy atom. The first kappa shape index (κ1) is 29.9. The molecule has 3 rings (SSSR count). The Balaban J connectivity index is 1.34. The molecule has 5 heteroatoms. The van der Waals surface area contributed by atoms with Gasteiger partial charge in [0.05, 0.1) is 17.9 Å². The molecule has 0 aliphatic rings. The summed E-state index contributed by atoms with van der Waals surface area (Å²) < 4.78 is 11.4. The predicted octanol–water partition coefficient (Wildman–Crippen LogP) is 9.02. The van der Waals surface area contributed by atoms with E-state index in [0.29, 0.717) is 11.3 Å². The minimum absolute atomic E-state index is 0.378. The van der Waals surface area contributed by atoms with Crippen molar-refractivity contribution in [2.45, 2.75) is 71.1 Å². The summed E-state index contributed by atoms with van der Waals surface area (Å²) in [7, 11) is 3.92. The van der Waals surface area contributed by atoms with Crippen LogP contribution in [0.15, 0.2) is 77.8 Å². The third-order valence-corrected chi connectivity index (χ3v) is 6.68. The summed E-state index contributed by atoms with van der Waals surface area (Å²) >= 11 is 0. The summed E-state index contributed by atoms with van der Waals surface area (Å²) in [5.74, 6) is 1.00. The Morgan fingerprint density at radius 1 is 0.718 bits per heavy atom. The van der Waals surface area contributed by atoms with Crippen molar-refractivity contribution in [2.24, 2.45) is 4.99 Å². The van der Waals surface area contributed by atoms with Crippen molar-refractivity contribution in [3.8, 4) is 11.5 Å². The van der Waals surface area contributed by atoms with Crippen molar-refractivity contribution in [3.05, 3.63) is 83.9 Å². The number of hydrogen-bond acceptors (Lipinski definition) is 5. The van der Waals surface area contributed by atoms with E-state index in [2.05, 4.69) is 11.9 Å². The molecule has 0 aliphatic carbocycles. The van der Waals surface area contributed by atoms with Crippen LogP contribution in [-0.4, -0.2) is 32.9 Å². The highest BCUT2D eigenvalue weighted by Crippen LogP contribution is 2.20. The van der Waals surface area contributed by atoms with E-state index in [-0.39, 0.29) is 5.97 Å². The van der Waals surface area contributed by atoms with Gasteiger partial charge in [0.15, 0.2) is 0 Å². The molecular weight excluding hydrogens is 484 g/mol. The highest BCUT2D eigenvalue weighted by atomic mass is 16.5.